The van der Waals surface area contributed by atoms with Crippen LogP contribution in [0, 0.1) is 13.8 Å². The van der Waals surface area contributed by atoms with Crippen LogP contribution >= 0.6 is 0 Å². The molecule has 1 heterocycles. The van der Waals surface area contributed by atoms with Gasteiger partial charge in [-0.05, 0) is 25.5 Å². The summed E-state index contributed by atoms with van der Waals surface area (Å²) in [5.41, 5.74) is 9.69. The molecule has 2 aromatic rings. The largest absolute Gasteiger partial charge is 0.478 e. The number of hydrogen-bond acceptors (Lipinski definition) is 2. The zero-order valence-corrected chi connectivity index (χ0v) is 9.74. The SMILES string of the molecule is Cc1ccc(-c2cc(C(=O)O)c(N)[nH]2)c(C)c1. The number of nitrogens with one attached hydrogen (secondary N) is 1. The highest BCUT2D eigenvalue weighted by Crippen LogP contribution is 2.26. The van der Waals surface area contributed by atoms with Crippen molar-refractivity contribution in [2.24, 2.45) is 0 Å². The first kappa shape index (κ1) is 11.3. The van der Waals surface area contributed by atoms with Crippen LogP contribution in [0.5, 0.6) is 0 Å². The lowest BCUT2D eigenvalue weighted by Crippen LogP contribution is -1.98. The number of benzene rings is 1. The van der Waals surface area contributed by atoms with E-state index in [1.54, 1.807) is 6.07 Å². The molecule has 0 aliphatic heterocycles. The van der Waals surface area contributed by atoms with E-state index >= 15 is 0 Å². The summed E-state index contributed by atoms with van der Waals surface area (Å²) in [4.78, 5) is 13.8. The molecule has 0 aliphatic carbocycles. The first-order valence-electron chi connectivity index (χ1n) is 5.28. The van der Waals surface area contributed by atoms with Crippen molar-refractivity contribution < 1.29 is 9.90 Å². The van der Waals surface area contributed by atoms with Gasteiger partial charge in [0.05, 0.1) is 0 Å². The predicted octanol–water partition coefficient (Wildman–Crippen LogP) is 2.58. The van der Waals surface area contributed by atoms with Crippen LogP contribution in [0.3, 0.4) is 0 Å². The van der Waals surface area contributed by atoms with Crippen LogP contribution in [0.2, 0.25) is 0 Å². The smallest absolute Gasteiger partial charge is 0.339 e. The van der Waals surface area contributed by atoms with Crippen LogP contribution in [-0.4, -0.2) is 16.1 Å². The molecule has 0 atom stereocenters. The summed E-state index contributed by atoms with van der Waals surface area (Å²) in [6.45, 7) is 4.00. The third-order valence-corrected chi connectivity index (χ3v) is 2.75. The Labute approximate surface area is 99.1 Å². The fraction of sp³-hybridized carbons (Fsp3) is 0.154. The van der Waals surface area contributed by atoms with E-state index in [9.17, 15) is 4.79 Å². The second kappa shape index (κ2) is 3.97. The minimum Gasteiger partial charge on any atom is -0.478 e. The number of nitrogen functional groups attached to an aromatic ring is 1. The molecule has 0 spiro atoms. The number of aryl methyl sites for hydroxylation is 2. The van der Waals surface area contributed by atoms with Crippen molar-refractivity contribution in [3.8, 4) is 11.3 Å². The van der Waals surface area contributed by atoms with Gasteiger partial charge in [0.1, 0.15) is 11.4 Å². The Morgan fingerprint density at radius 3 is 2.53 bits per heavy atom. The van der Waals surface area contributed by atoms with Gasteiger partial charge in [0.2, 0.25) is 0 Å². The van der Waals surface area contributed by atoms with Crippen molar-refractivity contribution in [3.05, 3.63) is 41.0 Å². The molecule has 0 radical (unpaired) electrons. The van der Waals surface area contributed by atoms with Crippen molar-refractivity contribution in [1.82, 2.24) is 4.98 Å². The van der Waals surface area contributed by atoms with E-state index in [2.05, 4.69) is 4.98 Å². The Morgan fingerprint density at radius 1 is 1.29 bits per heavy atom. The average Bonchev–Trinajstić information content (AvgIpc) is 2.60. The van der Waals surface area contributed by atoms with Gasteiger partial charge in [0.25, 0.3) is 0 Å². The van der Waals surface area contributed by atoms with Gasteiger partial charge in [-0.3, -0.25) is 0 Å². The first-order chi connectivity index (χ1) is 7.99. The molecular formula is C13H14N2O2. The summed E-state index contributed by atoms with van der Waals surface area (Å²) < 4.78 is 0. The van der Waals surface area contributed by atoms with E-state index < -0.39 is 5.97 Å². The molecule has 4 N–H and O–H groups in total. The molecule has 0 bridgehead atoms. The number of aromatic carboxylic acids is 1. The molecule has 4 nitrogen and oxygen atoms in total. The maximum absolute atomic E-state index is 10.9. The zero-order chi connectivity index (χ0) is 12.6. The Morgan fingerprint density at radius 2 is 2.00 bits per heavy atom. The van der Waals surface area contributed by atoms with E-state index in [-0.39, 0.29) is 11.4 Å². The number of carboxylic acid groups (broad SMARTS) is 1. The predicted molar refractivity (Wildman–Crippen MR) is 67.1 cm³/mol. The van der Waals surface area contributed by atoms with Crippen LogP contribution in [0.4, 0.5) is 5.82 Å². The van der Waals surface area contributed by atoms with E-state index in [4.69, 9.17) is 10.8 Å². The van der Waals surface area contributed by atoms with Crippen molar-refractivity contribution >= 4 is 11.8 Å². The van der Waals surface area contributed by atoms with Gasteiger partial charge in [-0.25, -0.2) is 4.79 Å². The molecule has 1 aromatic heterocycles. The van der Waals surface area contributed by atoms with E-state index in [0.29, 0.717) is 0 Å². The van der Waals surface area contributed by atoms with Gasteiger partial charge in [-0.15, -0.1) is 0 Å². The maximum Gasteiger partial charge on any atom is 0.339 e. The summed E-state index contributed by atoms with van der Waals surface area (Å²) >= 11 is 0. The standard InChI is InChI=1S/C13H14N2O2/c1-7-3-4-9(8(2)5-7)11-6-10(13(16)17)12(14)15-11/h3-6,15H,14H2,1-2H3,(H,16,17). The summed E-state index contributed by atoms with van der Waals surface area (Å²) in [6.07, 6.45) is 0. The lowest BCUT2D eigenvalue weighted by molar-refractivity contribution is 0.0698. The third kappa shape index (κ3) is 2.01. The summed E-state index contributed by atoms with van der Waals surface area (Å²) in [5.74, 6) is -0.831. The van der Waals surface area contributed by atoms with E-state index in [1.807, 2.05) is 32.0 Å². The molecule has 17 heavy (non-hydrogen) atoms. The van der Waals surface area contributed by atoms with Gasteiger partial charge in [0, 0.05) is 11.3 Å². The molecule has 0 unspecified atom stereocenters. The summed E-state index contributed by atoms with van der Waals surface area (Å²) in [7, 11) is 0. The molecule has 1 aromatic carbocycles. The van der Waals surface area contributed by atoms with Gasteiger partial charge in [0.15, 0.2) is 0 Å². The highest BCUT2D eigenvalue weighted by atomic mass is 16.4. The monoisotopic (exact) mass is 230 g/mol. The minimum atomic E-state index is -1.02. The third-order valence-electron chi connectivity index (χ3n) is 2.75. The number of aromatic amines is 1. The van der Waals surface area contributed by atoms with Crippen molar-refractivity contribution in [1.29, 1.82) is 0 Å². The van der Waals surface area contributed by atoms with Crippen LogP contribution in [-0.2, 0) is 0 Å². The molecule has 4 heteroatoms. The van der Waals surface area contributed by atoms with Crippen LogP contribution in [0.15, 0.2) is 24.3 Å². The van der Waals surface area contributed by atoms with Gasteiger partial charge in [-0.2, -0.15) is 0 Å². The second-order valence-corrected chi connectivity index (χ2v) is 4.13. The lowest BCUT2D eigenvalue weighted by atomic mass is 10.0. The molecule has 0 fully saturated rings. The number of rotatable bonds is 2. The molecule has 0 saturated carbocycles. The number of carbonyl (C=O) groups is 1. The van der Waals surface area contributed by atoms with Crippen LogP contribution < -0.4 is 5.73 Å². The van der Waals surface area contributed by atoms with Gasteiger partial charge < -0.3 is 15.8 Å². The fourth-order valence-corrected chi connectivity index (χ4v) is 1.91. The maximum atomic E-state index is 10.9. The van der Waals surface area contributed by atoms with Crippen LogP contribution in [0.25, 0.3) is 11.3 Å². The van der Waals surface area contributed by atoms with Crippen molar-refractivity contribution in [2.45, 2.75) is 13.8 Å². The molecule has 0 saturated heterocycles. The molecule has 0 aliphatic rings. The lowest BCUT2D eigenvalue weighted by Gasteiger charge is -2.04. The molecule has 0 amide bonds. The normalized spacial score (nSPS) is 10.5. The van der Waals surface area contributed by atoms with Crippen molar-refractivity contribution in [2.75, 3.05) is 5.73 Å². The number of H-pyrrole nitrogens is 1. The summed E-state index contributed by atoms with van der Waals surface area (Å²) in [6, 6.07) is 7.56. The van der Waals surface area contributed by atoms with E-state index in [1.165, 1.54) is 5.56 Å². The Hall–Kier alpha value is -2.23. The number of nitrogens with two attached hydrogens (primary N) is 1. The highest BCUT2D eigenvalue weighted by molar-refractivity contribution is 5.95. The number of anilines is 1. The molecule has 88 valence electrons. The Balaban J connectivity index is 2.53. The number of aromatic nitrogens is 1. The fourth-order valence-electron chi connectivity index (χ4n) is 1.91. The van der Waals surface area contributed by atoms with Crippen molar-refractivity contribution in [3.63, 3.8) is 0 Å². The Bertz CT molecular complexity index is 585. The highest BCUT2D eigenvalue weighted by Gasteiger charge is 2.13. The second-order valence-electron chi connectivity index (χ2n) is 4.13. The average molecular weight is 230 g/mol. The molecule has 2 rings (SSSR count). The first-order valence-corrected chi connectivity index (χ1v) is 5.28. The minimum absolute atomic E-state index is 0.111. The Kier molecular flexibility index (Phi) is 2.63. The quantitative estimate of drug-likeness (QED) is 0.741. The number of carboxylic acids is 1. The van der Waals surface area contributed by atoms with E-state index in [0.717, 1.165) is 16.8 Å². The molecular weight excluding hydrogens is 216 g/mol. The van der Waals surface area contributed by atoms with Crippen LogP contribution in [0.1, 0.15) is 21.5 Å². The topological polar surface area (TPSA) is 79.1 Å². The van der Waals surface area contributed by atoms with Gasteiger partial charge >= 0.3 is 5.97 Å². The summed E-state index contributed by atoms with van der Waals surface area (Å²) in [5, 5.41) is 8.94. The zero-order valence-electron chi connectivity index (χ0n) is 9.74. The van der Waals surface area contributed by atoms with Gasteiger partial charge in [-0.1, -0.05) is 23.8 Å². The number of hydrogen-bond donors (Lipinski definition) is 3.